The number of nitrogens with one attached hydrogen (secondary N) is 2. The second-order valence-corrected chi connectivity index (χ2v) is 6.68. The highest BCUT2D eigenvalue weighted by atomic mass is 32.2. The van der Waals surface area contributed by atoms with Gasteiger partial charge in [0, 0.05) is 24.6 Å². The zero-order valence-electron chi connectivity index (χ0n) is 12.8. The van der Waals surface area contributed by atoms with E-state index in [1.807, 2.05) is 6.07 Å². The van der Waals surface area contributed by atoms with Crippen molar-refractivity contribution in [2.75, 3.05) is 11.9 Å². The summed E-state index contributed by atoms with van der Waals surface area (Å²) in [5.41, 5.74) is -0.0963. The highest BCUT2D eigenvalue weighted by molar-refractivity contribution is 7.89. The first-order valence-electron chi connectivity index (χ1n) is 7.06. The minimum absolute atomic E-state index is 0.0229. The summed E-state index contributed by atoms with van der Waals surface area (Å²) in [7, 11) is -3.78. The maximum absolute atomic E-state index is 13.5. The molecule has 0 radical (unpaired) electrons. The number of halogens is 2. The highest BCUT2D eigenvalue weighted by Gasteiger charge is 2.15. The Morgan fingerprint density at radius 1 is 1.12 bits per heavy atom. The van der Waals surface area contributed by atoms with Crippen LogP contribution < -0.4 is 10.0 Å². The number of anilines is 1. The van der Waals surface area contributed by atoms with Gasteiger partial charge in [0.05, 0.1) is 16.7 Å². The number of nitrogens with zero attached hydrogens (tertiary/aromatic N) is 1. The number of rotatable bonds is 6. The minimum Gasteiger partial charge on any atom is -0.319 e. The number of benzene rings is 2. The lowest BCUT2D eigenvalue weighted by molar-refractivity contribution is 0.102. The van der Waals surface area contributed by atoms with Crippen molar-refractivity contribution in [3.05, 3.63) is 59.7 Å². The fourth-order valence-electron chi connectivity index (χ4n) is 1.90. The second kappa shape index (κ2) is 7.83. The summed E-state index contributed by atoms with van der Waals surface area (Å²) in [5.74, 6) is -2.37. The molecule has 1 amide bonds. The van der Waals surface area contributed by atoms with Gasteiger partial charge in [0.2, 0.25) is 10.0 Å². The van der Waals surface area contributed by atoms with Gasteiger partial charge < -0.3 is 5.32 Å². The van der Waals surface area contributed by atoms with E-state index < -0.39 is 27.6 Å². The van der Waals surface area contributed by atoms with Gasteiger partial charge in [0.15, 0.2) is 0 Å². The second-order valence-electron chi connectivity index (χ2n) is 4.91. The average molecular weight is 365 g/mol. The van der Waals surface area contributed by atoms with Gasteiger partial charge in [-0.3, -0.25) is 4.79 Å². The van der Waals surface area contributed by atoms with Gasteiger partial charge in [-0.1, -0.05) is 0 Å². The summed E-state index contributed by atoms with van der Waals surface area (Å²) >= 11 is 0. The number of carbonyl (C=O) groups excluding carboxylic acids is 1. The van der Waals surface area contributed by atoms with Gasteiger partial charge in [0.1, 0.15) is 11.6 Å². The third-order valence-corrected chi connectivity index (χ3v) is 4.61. The lowest BCUT2D eigenvalue weighted by Crippen LogP contribution is -2.24. The number of hydrogen-bond acceptors (Lipinski definition) is 4. The normalized spacial score (nSPS) is 10.9. The van der Waals surface area contributed by atoms with Crippen LogP contribution in [-0.2, 0) is 10.0 Å². The number of hydrogen-bond donors (Lipinski definition) is 2. The van der Waals surface area contributed by atoms with E-state index in [2.05, 4.69) is 10.0 Å². The quantitative estimate of drug-likeness (QED) is 0.768. The number of carbonyl (C=O) groups is 1. The Bertz CT molecular complexity index is 923. The smallest absolute Gasteiger partial charge is 0.255 e. The van der Waals surface area contributed by atoms with Crippen LogP contribution in [0.1, 0.15) is 16.8 Å². The number of nitriles is 1. The van der Waals surface area contributed by atoms with Crippen LogP contribution in [0.2, 0.25) is 0 Å². The summed E-state index contributed by atoms with van der Waals surface area (Å²) in [6.45, 7) is -0.0229. The standard InChI is InChI=1S/C16H13F2N3O3S/c17-12-4-7-15(14(18)10-12)21-16(22)11-2-5-13(6-3-11)25(23,24)20-9-1-8-19/h2-7,10,20H,1,9H2,(H,21,22). The molecule has 0 saturated heterocycles. The molecule has 0 aliphatic carbocycles. The molecule has 2 rings (SSSR count). The molecule has 0 bridgehead atoms. The van der Waals surface area contributed by atoms with Gasteiger partial charge in [-0.15, -0.1) is 0 Å². The average Bonchev–Trinajstić information content (AvgIpc) is 2.57. The summed E-state index contributed by atoms with van der Waals surface area (Å²) in [5, 5.41) is 10.7. The zero-order chi connectivity index (χ0) is 18.4. The summed E-state index contributed by atoms with van der Waals surface area (Å²) in [6.07, 6.45) is 0.0307. The highest BCUT2D eigenvalue weighted by Crippen LogP contribution is 2.17. The molecule has 0 aliphatic heterocycles. The van der Waals surface area contributed by atoms with E-state index in [0.29, 0.717) is 6.07 Å². The van der Waals surface area contributed by atoms with Crippen LogP contribution in [0.15, 0.2) is 47.4 Å². The van der Waals surface area contributed by atoms with E-state index in [1.165, 1.54) is 24.3 Å². The first-order valence-corrected chi connectivity index (χ1v) is 8.55. The molecular formula is C16H13F2N3O3S. The molecule has 6 nitrogen and oxygen atoms in total. The van der Waals surface area contributed by atoms with E-state index in [9.17, 15) is 22.0 Å². The van der Waals surface area contributed by atoms with Gasteiger partial charge in [0.25, 0.3) is 5.91 Å². The predicted molar refractivity (Wildman–Crippen MR) is 86.2 cm³/mol. The van der Waals surface area contributed by atoms with Crippen molar-refractivity contribution in [3.63, 3.8) is 0 Å². The molecular weight excluding hydrogens is 352 g/mol. The molecule has 0 aliphatic rings. The van der Waals surface area contributed by atoms with Crippen molar-refractivity contribution >= 4 is 21.6 Å². The molecule has 25 heavy (non-hydrogen) atoms. The van der Waals surface area contributed by atoms with Gasteiger partial charge in [-0.2, -0.15) is 5.26 Å². The van der Waals surface area contributed by atoms with E-state index in [-0.39, 0.29) is 29.1 Å². The number of sulfonamides is 1. The van der Waals surface area contributed by atoms with Gasteiger partial charge >= 0.3 is 0 Å². The van der Waals surface area contributed by atoms with Crippen molar-refractivity contribution < 1.29 is 22.0 Å². The Morgan fingerprint density at radius 2 is 1.80 bits per heavy atom. The van der Waals surface area contributed by atoms with Crippen molar-refractivity contribution in [2.24, 2.45) is 0 Å². The topological polar surface area (TPSA) is 99.1 Å². The van der Waals surface area contributed by atoms with Crippen LogP contribution in [0.5, 0.6) is 0 Å². The zero-order valence-corrected chi connectivity index (χ0v) is 13.6. The Morgan fingerprint density at radius 3 is 2.40 bits per heavy atom. The van der Waals surface area contributed by atoms with Crippen LogP contribution in [-0.4, -0.2) is 20.9 Å². The Kier molecular flexibility index (Phi) is 5.80. The molecule has 9 heteroatoms. The van der Waals surface area contributed by atoms with Crippen LogP contribution in [0.3, 0.4) is 0 Å². The molecule has 0 atom stereocenters. The van der Waals surface area contributed by atoms with Crippen molar-refractivity contribution in [2.45, 2.75) is 11.3 Å². The minimum atomic E-state index is -3.78. The van der Waals surface area contributed by atoms with Crippen LogP contribution in [0.4, 0.5) is 14.5 Å². The summed E-state index contributed by atoms with van der Waals surface area (Å²) in [6, 6.07) is 9.48. The lowest BCUT2D eigenvalue weighted by Gasteiger charge is -2.08. The molecule has 0 spiro atoms. The van der Waals surface area contributed by atoms with Crippen molar-refractivity contribution in [1.82, 2.24) is 4.72 Å². The van der Waals surface area contributed by atoms with Crippen LogP contribution >= 0.6 is 0 Å². The van der Waals surface area contributed by atoms with Gasteiger partial charge in [-0.25, -0.2) is 21.9 Å². The molecule has 2 N–H and O–H groups in total. The monoisotopic (exact) mass is 365 g/mol. The Labute approximate surface area is 143 Å². The van der Waals surface area contributed by atoms with E-state index in [4.69, 9.17) is 5.26 Å². The third kappa shape index (κ3) is 4.82. The van der Waals surface area contributed by atoms with E-state index in [0.717, 1.165) is 12.1 Å². The molecule has 0 heterocycles. The fraction of sp³-hybridized carbons (Fsp3) is 0.125. The van der Waals surface area contributed by atoms with Gasteiger partial charge in [-0.05, 0) is 36.4 Å². The van der Waals surface area contributed by atoms with Crippen LogP contribution in [0.25, 0.3) is 0 Å². The molecule has 2 aromatic rings. The molecule has 130 valence electrons. The number of amides is 1. The summed E-state index contributed by atoms with van der Waals surface area (Å²) < 4.78 is 52.5. The van der Waals surface area contributed by atoms with Crippen molar-refractivity contribution in [1.29, 1.82) is 5.26 Å². The predicted octanol–water partition coefficient (Wildman–Crippen LogP) is 2.41. The molecule has 0 aromatic heterocycles. The third-order valence-electron chi connectivity index (χ3n) is 3.14. The fourth-order valence-corrected chi connectivity index (χ4v) is 2.93. The Hall–Kier alpha value is -2.83. The molecule has 2 aromatic carbocycles. The largest absolute Gasteiger partial charge is 0.319 e. The summed E-state index contributed by atoms with van der Waals surface area (Å²) in [4.78, 5) is 12.0. The maximum Gasteiger partial charge on any atom is 0.255 e. The van der Waals surface area contributed by atoms with Crippen LogP contribution in [0, 0.1) is 23.0 Å². The van der Waals surface area contributed by atoms with E-state index >= 15 is 0 Å². The van der Waals surface area contributed by atoms with Crippen molar-refractivity contribution in [3.8, 4) is 6.07 Å². The van der Waals surface area contributed by atoms with E-state index in [1.54, 1.807) is 0 Å². The molecule has 0 fully saturated rings. The Balaban J connectivity index is 2.11. The lowest BCUT2D eigenvalue weighted by atomic mass is 10.2. The maximum atomic E-state index is 13.5. The SMILES string of the molecule is N#CCCNS(=O)(=O)c1ccc(C(=O)Nc2ccc(F)cc2F)cc1. The first-order chi connectivity index (χ1) is 11.8. The molecule has 0 unspecified atom stereocenters. The first kappa shape index (κ1) is 18.5. The molecule has 0 saturated carbocycles.